The number of anilines is 6. The molecule has 3 N–H and O–H groups in total. The third kappa shape index (κ3) is 7.23. The third-order valence-corrected chi connectivity index (χ3v) is 4.62. The average Bonchev–Trinajstić information content (AvgIpc) is 2.89. The maximum absolute atomic E-state index is 11.5. The molecule has 0 saturated heterocycles. The number of benzene rings is 3. The number of ether oxygens (including phenoxy) is 2. The van der Waals surface area contributed by atoms with Crippen molar-refractivity contribution < 1.29 is 19.1 Å². The molecule has 10 nitrogen and oxygen atoms in total. The van der Waals surface area contributed by atoms with Gasteiger partial charge in [0.2, 0.25) is 17.8 Å². The first kappa shape index (κ1) is 24.6. The monoisotopic (exact) mass is 494 g/mol. The van der Waals surface area contributed by atoms with E-state index < -0.39 is 11.9 Å². The lowest BCUT2D eigenvalue weighted by atomic mass is 10.3. The van der Waals surface area contributed by atoms with Crippen molar-refractivity contribution in [1.82, 2.24) is 15.0 Å². The van der Waals surface area contributed by atoms with Crippen molar-refractivity contribution in [1.29, 1.82) is 0 Å². The van der Waals surface area contributed by atoms with Gasteiger partial charge in [-0.25, -0.2) is 9.59 Å². The molecule has 37 heavy (non-hydrogen) atoms. The Balaban J connectivity index is 1.62. The third-order valence-electron chi connectivity index (χ3n) is 4.62. The zero-order chi connectivity index (χ0) is 26.0. The first-order valence-electron chi connectivity index (χ1n) is 11.0. The molecule has 4 rings (SSSR count). The molecule has 0 aliphatic rings. The molecule has 0 spiro atoms. The molecule has 0 saturated carbocycles. The van der Waals surface area contributed by atoms with Crippen molar-refractivity contribution in [3.05, 3.63) is 104 Å². The molecular formula is C27H22N6O4. The summed E-state index contributed by atoms with van der Waals surface area (Å²) in [6.45, 7) is 6.80. The van der Waals surface area contributed by atoms with Crippen molar-refractivity contribution >= 4 is 46.8 Å². The van der Waals surface area contributed by atoms with Gasteiger partial charge < -0.3 is 25.4 Å². The van der Waals surface area contributed by atoms with Crippen LogP contribution in [0.4, 0.5) is 34.9 Å². The van der Waals surface area contributed by atoms with E-state index in [-0.39, 0.29) is 17.8 Å². The standard InChI is InChI=1S/C27H22N6O4/c1-3-23(34)36-21-14-8-12-19(16-21)29-26-31-25(28-18-10-6-5-7-11-18)32-27(33-26)30-20-13-9-15-22(17-20)37-24(35)4-2/h3-17H,1-2H2,(H3,28,29,30,31,32,33). The second-order valence-electron chi connectivity index (χ2n) is 7.35. The minimum atomic E-state index is -0.570. The van der Waals surface area contributed by atoms with E-state index in [1.54, 1.807) is 48.5 Å². The van der Waals surface area contributed by atoms with Gasteiger partial charge in [0.1, 0.15) is 11.5 Å². The van der Waals surface area contributed by atoms with Gasteiger partial charge in [-0.3, -0.25) is 0 Å². The highest BCUT2D eigenvalue weighted by molar-refractivity contribution is 5.84. The quantitative estimate of drug-likeness (QED) is 0.152. The van der Waals surface area contributed by atoms with Gasteiger partial charge in [-0.1, -0.05) is 43.5 Å². The van der Waals surface area contributed by atoms with Gasteiger partial charge in [0.15, 0.2) is 0 Å². The minimum absolute atomic E-state index is 0.220. The highest BCUT2D eigenvalue weighted by Crippen LogP contribution is 2.25. The maximum atomic E-state index is 11.5. The first-order chi connectivity index (χ1) is 18.0. The van der Waals surface area contributed by atoms with E-state index in [0.717, 1.165) is 17.8 Å². The first-order valence-corrected chi connectivity index (χ1v) is 11.0. The predicted molar refractivity (Wildman–Crippen MR) is 141 cm³/mol. The van der Waals surface area contributed by atoms with E-state index in [2.05, 4.69) is 44.1 Å². The molecule has 0 aliphatic heterocycles. The summed E-state index contributed by atoms with van der Waals surface area (Å²) in [5, 5.41) is 9.33. The van der Waals surface area contributed by atoms with Crippen molar-refractivity contribution in [2.45, 2.75) is 0 Å². The summed E-state index contributed by atoms with van der Waals surface area (Å²) in [5.41, 5.74) is 1.94. The smallest absolute Gasteiger partial charge is 0.335 e. The summed E-state index contributed by atoms with van der Waals surface area (Å²) in [4.78, 5) is 36.4. The summed E-state index contributed by atoms with van der Waals surface area (Å²) < 4.78 is 10.4. The molecule has 0 unspecified atom stereocenters. The number of para-hydroxylation sites is 1. The second-order valence-corrected chi connectivity index (χ2v) is 7.35. The molecule has 1 heterocycles. The van der Waals surface area contributed by atoms with E-state index in [9.17, 15) is 9.59 Å². The Morgan fingerprint density at radius 1 is 0.595 bits per heavy atom. The van der Waals surface area contributed by atoms with Crippen LogP contribution in [-0.4, -0.2) is 26.9 Å². The largest absolute Gasteiger partial charge is 0.423 e. The maximum Gasteiger partial charge on any atom is 0.335 e. The Kier molecular flexibility index (Phi) is 7.82. The average molecular weight is 495 g/mol. The van der Waals surface area contributed by atoms with Crippen molar-refractivity contribution in [3.63, 3.8) is 0 Å². The van der Waals surface area contributed by atoms with E-state index in [4.69, 9.17) is 9.47 Å². The molecule has 0 atom stereocenters. The summed E-state index contributed by atoms with van der Waals surface area (Å²) in [5.74, 6) is 0.231. The van der Waals surface area contributed by atoms with Gasteiger partial charge in [-0.05, 0) is 36.4 Å². The van der Waals surface area contributed by atoms with Gasteiger partial charge in [-0.15, -0.1) is 0 Å². The Bertz CT molecular complexity index is 1360. The van der Waals surface area contributed by atoms with Crippen LogP contribution < -0.4 is 25.4 Å². The molecule has 0 bridgehead atoms. The number of carbonyl (C=O) groups excluding carboxylic acids is 2. The van der Waals surface area contributed by atoms with E-state index in [0.29, 0.717) is 22.9 Å². The van der Waals surface area contributed by atoms with Crippen LogP contribution in [0.15, 0.2) is 104 Å². The summed E-state index contributed by atoms with van der Waals surface area (Å²) in [7, 11) is 0. The van der Waals surface area contributed by atoms with Gasteiger partial charge >= 0.3 is 11.9 Å². The van der Waals surface area contributed by atoms with E-state index in [1.165, 1.54) is 0 Å². The molecule has 184 valence electrons. The molecule has 0 radical (unpaired) electrons. The molecule has 0 amide bonds. The lowest BCUT2D eigenvalue weighted by molar-refractivity contribution is -0.129. The van der Waals surface area contributed by atoms with Gasteiger partial charge in [0.05, 0.1) is 0 Å². The number of hydrogen-bond donors (Lipinski definition) is 3. The summed E-state index contributed by atoms with van der Waals surface area (Å²) in [6, 6.07) is 22.9. The zero-order valence-corrected chi connectivity index (χ0v) is 19.5. The number of nitrogens with zero attached hydrogens (tertiary/aromatic N) is 3. The van der Waals surface area contributed by atoms with Crippen LogP contribution >= 0.6 is 0 Å². The van der Waals surface area contributed by atoms with Crippen LogP contribution in [0.3, 0.4) is 0 Å². The van der Waals surface area contributed by atoms with Gasteiger partial charge in [0, 0.05) is 41.3 Å². The van der Waals surface area contributed by atoms with Crippen molar-refractivity contribution in [3.8, 4) is 11.5 Å². The fraction of sp³-hybridized carbons (Fsp3) is 0. The zero-order valence-electron chi connectivity index (χ0n) is 19.5. The van der Waals surface area contributed by atoms with E-state index >= 15 is 0 Å². The second kappa shape index (κ2) is 11.8. The van der Waals surface area contributed by atoms with Crippen LogP contribution in [-0.2, 0) is 9.59 Å². The SMILES string of the molecule is C=CC(=O)Oc1cccc(Nc2nc(Nc3ccccc3)nc(Nc3cccc(OC(=O)C=C)c3)n2)c1. The molecule has 4 aromatic rings. The van der Waals surface area contributed by atoms with Gasteiger partial charge in [-0.2, -0.15) is 15.0 Å². The Morgan fingerprint density at radius 2 is 1.00 bits per heavy atom. The predicted octanol–water partition coefficient (Wildman–Crippen LogP) is 5.29. The van der Waals surface area contributed by atoms with Crippen LogP contribution in [0.25, 0.3) is 0 Å². The number of carbonyl (C=O) groups is 2. The number of hydrogen-bond acceptors (Lipinski definition) is 10. The van der Waals surface area contributed by atoms with Gasteiger partial charge in [0.25, 0.3) is 0 Å². The summed E-state index contributed by atoms with van der Waals surface area (Å²) >= 11 is 0. The molecule has 10 heteroatoms. The topological polar surface area (TPSA) is 127 Å². The lowest BCUT2D eigenvalue weighted by Crippen LogP contribution is -2.08. The fourth-order valence-corrected chi connectivity index (χ4v) is 3.04. The fourth-order valence-electron chi connectivity index (χ4n) is 3.04. The highest BCUT2D eigenvalue weighted by Gasteiger charge is 2.10. The Labute approximate surface area is 212 Å². The minimum Gasteiger partial charge on any atom is -0.423 e. The lowest BCUT2D eigenvalue weighted by Gasteiger charge is -2.12. The van der Waals surface area contributed by atoms with Crippen molar-refractivity contribution in [2.24, 2.45) is 0 Å². The molecular weight excluding hydrogens is 472 g/mol. The van der Waals surface area contributed by atoms with Crippen LogP contribution in [0.5, 0.6) is 11.5 Å². The van der Waals surface area contributed by atoms with Crippen LogP contribution in [0, 0.1) is 0 Å². The highest BCUT2D eigenvalue weighted by atomic mass is 16.5. The van der Waals surface area contributed by atoms with Crippen LogP contribution in [0.1, 0.15) is 0 Å². The van der Waals surface area contributed by atoms with Crippen molar-refractivity contribution in [2.75, 3.05) is 16.0 Å². The van der Waals surface area contributed by atoms with E-state index in [1.807, 2.05) is 30.3 Å². The Hall–Kier alpha value is -5.51. The molecule has 0 aliphatic carbocycles. The number of nitrogens with one attached hydrogen (secondary N) is 3. The molecule has 3 aromatic carbocycles. The number of aromatic nitrogens is 3. The summed E-state index contributed by atoms with van der Waals surface area (Å²) in [6.07, 6.45) is 2.16. The molecule has 0 fully saturated rings. The van der Waals surface area contributed by atoms with Crippen LogP contribution in [0.2, 0.25) is 0 Å². The molecule has 1 aromatic heterocycles. The number of esters is 2. The Morgan fingerprint density at radius 3 is 1.43 bits per heavy atom. The number of rotatable bonds is 10. The normalized spacial score (nSPS) is 10.1.